The molecule has 62 valence electrons. The van der Waals surface area contributed by atoms with Crippen molar-refractivity contribution < 1.29 is 9.90 Å². The molecular weight excluding hydrogens is 222 g/mol. The number of aliphatic hydroxyl groups excluding tert-OH is 1. The quantitative estimate of drug-likeness (QED) is 0.700. The molecule has 0 saturated carbocycles. The zero-order valence-corrected chi connectivity index (χ0v) is 7.63. The summed E-state index contributed by atoms with van der Waals surface area (Å²) in [5, 5.41) is 11.7. The number of carbonyl (C=O) groups is 1. The third-order valence-electron chi connectivity index (χ3n) is 1.84. The van der Waals surface area contributed by atoms with Gasteiger partial charge in [-0.15, -0.1) is 0 Å². The highest BCUT2D eigenvalue weighted by atomic mass is 79.9. The molecule has 0 unspecified atom stereocenters. The second-order valence-electron chi connectivity index (χ2n) is 2.58. The maximum absolute atomic E-state index is 11.2. The Hall–Kier alpha value is -0.870. The van der Waals surface area contributed by atoms with Gasteiger partial charge in [-0.05, 0) is 22.0 Å². The van der Waals surface area contributed by atoms with Crippen molar-refractivity contribution in [1.29, 1.82) is 0 Å². The molecule has 0 radical (unpaired) electrons. The van der Waals surface area contributed by atoms with Crippen molar-refractivity contribution >= 4 is 21.8 Å². The van der Waals surface area contributed by atoms with Gasteiger partial charge in [0, 0.05) is 10.0 Å². The normalized spacial score (nSPS) is 20.5. The molecule has 2 rings (SSSR count). The second kappa shape index (κ2) is 2.57. The lowest BCUT2D eigenvalue weighted by Gasteiger charge is -2.01. The highest BCUT2D eigenvalue weighted by Gasteiger charge is 2.28. The van der Waals surface area contributed by atoms with Crippen molar-refractivity contribution in [3.05, 3.63) is 33.8 Å². The van der Waals surface area contributed by atoms with Gasteiger partial charge in [0.2, 0.25) is 0 Å². The number of nitrogens with one attached hydrogen (secondary N) is 1. The van der Waals surface area contributed by atoms with Crippen LogP contribution in [0.5, 0.6) is 0 Å². The van der Waals surface area contributed by atoms with Crippen LogP contribution in [0, 0.1) is 0 Å². The summed E-state index contributed by atoms with van der Waals surface area (Å²) >= 11 is 3.24. The van der Waals surface area contributed by atoms with Crippen molar-refractivity contribution in [2.75, 3.05) is 0 Å². The van der Waals surface area contributed by atoms with Gasteiger partial charge in [0.05, 0.1) is 5.56 Å². The standard InChI is InChI=1S/C8H6BrNO2/c9-5-3-1-2-4-6(5)8(12)10-7(4)11/h1-3,7,11H,(H,10,12)/t7-/m0/s1. The molecule has 1 aromatic carbocycles. The third-order valence-corrected chi connectivity index (χ3v) is 2.50. The van der Waals surface area contributed by atoms with Gasteiger partial charge in [0.1, 0.15) is 0 Å². The molecule has 0 saturated heterocycles. The van der Waals surface area contributed by atoms with E-state index in [1.807, 2.05) is 0 Å². The van der Waals surface area contributed by atoms with Crippen molar-refractivity contribution in [2.24, 2.45) is 0 Å². The maximum atomic E-state index is 11.2. The summed E-state index contributed by atoms with van der Waals surface area (Å²) in [5.41, 5.74) is 1.17. The van der Waals surface area contributed by atoms with Crippen LogP contribution in [0.3, 0.4) is 0 Å². The number of rotatable bonds is 0. The first-order valence-corrected chi connectivity index (χ1v) is 4.27. The van der Waals surface area contributed by atoms with Crippen LogP contribution in [0.2, 0.25) is 0 Å². The highest BCUT2D eigenvalue weighted by molar-refractivity contribution is 9.10. The molecule has 1 heterocycles. The van der Waals surface area contributed by atoms with E-state index < -0.39 is 6.23 Å². The first-order chi connectivity index (χ1) is 5.70. The van der Waals surface area contributed by atoms with Gasteiger partial charge in [-0.25, -0.2) is 0 Å². The van der Waals surface area contributed by atoms with Crippen molar-refractivity contribution in [3.8, 4) is 0 Å². The van der Waals surface area contributed by atoms with Crippen LogP contribution >= 0.6 is 15.9 Å². The van der Waals surface area contributed by atoms with E-state index in [9.17, 15) is 9.90 Å². The van der Waals surface area contributed by atoms with Crippen LogP contribution in [0.4, 0.5) is 0 Å². The van der Waals surface area contributed by atoms with Crippen LogP contribution in [0.15, 0.2) is 22.7 Å². The number of fused-ring (bicyclic) bond motifs is 1. The minimum Gasteiger partial charge on any atom is -0.369 e. The predicted molar refractivity (Wildman–Crippen MR) is 46.6 cm³/mol. The van der Waals surface area contributed by atoms with E-state index in [2.05, 4.69) is 21.2 Å². The van der Waals surface area contributed by atoms with Crippen LogP contribution < -0.4 is 5.32 Å². The fourth-order valence-electron chi connectivity index (χ4n) is 1.28. The Balaban J connectivity index is 2.67. The summed E-state index contributed by atoms with van der Waals surface area (Å²) in [5.74, 6) is -0.232. The average molecular weight is 228 g/mol. The number of hydrogen-bond acceptors (Lipinski definition) is 2. The molecule has 12 heavy (non-hydrogen) atoms. The van der Waals surface area contributed by atoms with Gasteiger partial charge in [-0.1, -0.05) is 12.1 Å². The SMILES string of the molecule is O=C1N[C@@H](O)c2cccc(Br)c21. The number of benzene rings is 1. The summed E-state index contributed by atoms with van der Waals surface area (Å²) in [7, 11) is 0. The maximum Gasteiger partial charge on any atom is 0.255 e. The topological polar surface area (TPSA) is 49.3 Å². The molecule has 1 aliphatic rings. The molecule has 1 aromatic rings. The minimum absolute atomic E-state index is 0.232. The summed E-state index contributed by atoms with van der Waals surface area (Å²) in [6.07, 6.45) is -0.856. The van der Waals surface area contributed by atoms with Gasteiger partial charge >= 0.3 is 0 Å². The Morgan fingerprint density at radius 2 is 2.25 bits per heavy atom. The summed E-state index contributed by atoms with van der Waals surface area (Å²) in [6, 6.07) is 5.28. The van der Waals surface area contributed by atoms with Gasteiger partial charge in [-0.2, -0.15) is 0 Å². The van der Waals surface area contributed by atoms with E-state index in [1.54, 1.807) is 18.2 Å². The monoisotopic (exact) mass is 227 g/mol. The summed E-state index contributed by atoms with van der Waals surface area (Å²) < 4.78 is 0.717. The van der Waals surface area contributed by atoms with Crippen molar-refractivity contribution in [2.45, 2.75) is 6.23 Å². The van der Waals surface area contributed by atoms with E-state index in [-0.39, 0.29) is 5.91 Å². The van der Waals surface area contributed by atoms with Gasteiger partial charge < -0.3 is 10.4 Å². The molecule has 1 aliphatic heterocycles. The summed E-state index contributed by atoms with van der Waals surface area (Å²) in [4.78, 5) is 11.2. The lowest BCUT2D eigenvalue weighted by molar-refractivity contribution is 0.0850. The van der Waals surface area contributed by atoms with E-state index in [0.29, 0.717) is 15.6 Å². The number of aliphatic hydroxyl groups is 1. The molecule has 1 amide bonds. The van der Waals surface area contributed by atoms with E-state index in [0.717, 1.165) is 0 Å². The Kier molecular flexibility index (Phi) is 1.66. The van der Waals surface area contributed by atoms with Crippen LogP contribution in [-0.4, -0.2) is 11.0 Å². The van der Waals surface area contributed by atoms with E-state index in [1.165, 1.54) is 0 Å². The van der Waals surface area contributed by atoms with E-state index in [4.69, 9.17) is 0 Å². The largest absolute Gasteiger partial charge is 0.369 e. The smallest absolute Gasteiger partial charge is 0.255 e. The zero-order chi connectivity index (χ0) is 8.72. The lowest BCUT2D eigenvalue weighted by Crippen LogP contribution is -2.18. The molecule has 0 aliphatic carbocycles. The number of amides is 1. The minimum atomic E-state index is -0.856. The number of halogens is 1. The van der Waals surface area contributed by atoms with Gasteiger partial charge in [0.15, 0.2) is 6.23 Å². The average Bonchev–Trinajstić information content (AvgIpc) is 2.29. The zero-order valence-electron chi connectivity index (χ0n) is 6.04. The predicted octanol–water partition coefficient (Wildman–Crippen LogP) is 1.18. The first-order valence-electron chi connectivity index (χ1n) is 3.47. The molecule has 4 heteroatoms. The van der Waals surface area contributed by atoms with E-state index >= 15 is 0 Å². The second-order valence-corrected chi connectivity index (χ2v) is 3.43. The molecule has 0 aromatic heterocycles. The van der Waals surface area contributed by atoms with Crippen LogP contribution in [0.1, 0.15) is 22.1 Å². The molecule has 0 bridgehead atoms. The molecule has 2 N–H and O–H groups in total. The Morgan fingerprint density at radius 1 is 1.50 bits per heavy atom. The third kappa shape index (κ3) is 0.956. The Bertz CT molecular complexity index is 351. The van der Waals surface area contributed by atoms with Crippen LogP contribution in [0.25, 0.3) is 0 Å². The Morgan fingerprint density at radius 3 is 2.92 bits per heavy atom. The van der Waals surface area contributed by atoms with Gasteiger partial charge in [0.25, 0.3) is 5.91 Å². The molecular formula is C8H6BrNO2. The van der Waals surface area contributed by atoms with Crippen molar-refractivity contribution in [3.63, 3.8) is 0 Å². The fraction of sp³-hybridized carbons (Fsp3) is 0.125. The first kappa shape index (κ1) is 7.76. The van der Waals surface area contributed by atoms with Gasteiger partial charge in [-0.3, -0.25) is 4.79 Å². The van der Waals surface area contributed by atoms with Crippen LogP contribution in [-0.2, 0) is 0 Å². The van der Waals surface area contributed by atoms with Crippen molar-refractivity contribution in [1.82, 2.24) is 5.32 Å². The molecule has 1 atom stereocenters. The Labute approximate surface area is 77.5 Å². The molecule has 3 nitrogen and oxygen atoms in total. The number of carbonyl (C=O) groups excluding carboxylic acids is 1. The number of hydrogen-bond donors (Lipinski definition) is 2. The highest BCUT2D eigenvalue weighted by Crippen LogP contribution is 2.29. The molecule has 0 spiro atoms. The fourth-order valence-corrected chi connectivity index (χ4v) is 1.84. The lowest BCUT2D eigenvalue weighted by atomic mass is 10.1. The molecule has 0 fully saturated rings. The summed E-state index contributed by atoms with van der Waals surface area (Å²) in [6.45, 7) is 0.